The lowest BCUT2D eigenvalue weighted by Crippen LogP contribution is -2.67. The van der Waals surface area contributed by atoms with Gasteiger partial charge in [0.2, 0.25) is 0 Å². The molecule has 34 nitrogen and oxygen atoms in total. The third-order valence-corrected chi connectivity index (χ3v) is 13.9. The molecule has 5 saturated heterocycles. The van der Waals surface area contributed by atoms with Crippen molar-refractivity contribution in [3.8, 4) is 0 Å². The van der Waals surface area contributed by atoms with Crippen molar-refractivity contribution in [1.82, 2.24) is 0 Å². The number of esters is 1. The SMILES string of the molecule is COC(=O)CCCCCCCCO[C@H]1O[C@H](CO[C@H]2O[C@H](CO)[C@@H](O)[C@H](O)[C@@H]2O[C@H]2O[C@H](COP(=O)([O-])[O-])[C@@H](O)[C@H](O)[C@@H]2O)[C@@H](O)[C@H](O[C@H]2O[C@H](CO)[C@@H](O)[C@H](O)[C@@H]2O[C@H]2O[C@H](COP(=O)([O-])[O-])[C@@H](O)[C@H](O)[C@@H]2O)[C@@H]1O. The molecule has 0 aromatic rings. The van der Waals surface area contributed by atoms with E-state index < -0.39 is 202 Å². The van der Waals surface area contributed by atoms with Gasteiger partial charge in [-0.3, -0.25) is 4.79 Å². The molecule has 0 amide bonds. The molecule has 76 heavy (non-hydrogen) atoms. The Kier molecular flexibility index (Phi) is 25.6. The highest BCUT2D eigenvalue weighted by Crippen LogP contribution is 2.37. The number of hydrogen-bond acceptors (Lipinski definition) is 34. The molecule has 25 atom stereocenters. The van der Waals surface area contributed by atoms with Crippen LogP contribution in [0.5, 0.6) is 0 Å². The van der Waals surface area contributed by atoms with Gasteiger partial charge in [-0.15, -0.1) is 0 Å². The van der Waals surface area contributed by atoms with E-state index in [0.717, 1.165) is 6.42 Å². The summed E-state index contributed by atoms with van der Waals surface area (Å²) in [6.07, 6.45) is -47.0. The van der Waals surface area contributed by atoms with Crippen LogP contribution in [0.1, 0.15) is 44.9 Å². The summed E-state index contributed by atoms with van der Waals surface area (Å²) >= 11 is 0. The zero-order valence-corrected chi connectivity index (χ0v) is 42.2. The number of phosphoric ester groups is 2. The standard InChI is InChI=1S/C40H72O34P2/c1-62-20(43)8-6-4-2-3-5-7-9-63-36-32(55)33(72-40-35(29(52)22(45)16(11-42)68-40)74-38-31(54)27(50)24(47)19(71-38)14-66-76(59,60)61)25(48)17(69-36)12-64-39-34(28(51)21(44)15(10-41)67-39)73-37-30(53)26(49)23(46)18(70-37)13-65-75(56,57)58/h15-19,21-42,44-55H,2-14H2,1H3,(H2,56,57,58)(H2,59,60,61)/p-4/t15-,16-,17-,18-,19-,21-,22-,23-,24-,25-,26+,27+,28+,29+,30+,31+,32+,33+,34+,35+,36+,37-,38-,39+,40-/m1/s1. The number of hydrogen-bond donors (Lipinski definition) is 14. The van der Waals surface area contributed by atoms with Gasteiger partial charge in [-0.2, -0.15) is 0 Å². The fraction of sp³-hybridized carbons (Fsp3) is 0.975. The molecule has 0 spiro atoms. The first kappa shape index (κ1) is 65.5. The molecule has 0 aromatic carbocycles. The van der Waals surface area contributed by atoms with Crippen LogP contribution < -0.4 is 19.6 Å². The van der Waals surface area contributed by atoms with Crippen molar-refractivity contribution in [3.05, 3.63) is 0 Å². The minimum absolute atomic E-state index is 0.130. The third-order valence-electron chi connectivity index (χ3n) is 13.0. The van der Waals surface area contributed by atoms with Gasteiger partial charge in [-0.1, -0.05) is 25.7 Å². The maximum Gasteiger partial charge on any atom is 0.305 e. The monoisotopic (exact) mass is 1150 g/mol. The van der Waals surface area contributed by atoms with Gasteiger partial charge >= 0.3 is 5.97 Å². The molecule has 14 N–H and O–H groups in total. The smallest absolute Gasteiger partial charge is 0.305 e. The molecule has 5 aliphatic heterocycles. The summed E-state index contributed by atoms with van der Waals surface area (Å²) < 4.78 is 92.2. The van der Waals surface area contributed by atoms with Crippen LogP contribution in [0, 0.1) is 0 Å². The quantitative estimate of drug-likeness (QED) is 0.0206. The number of carbonyl (C=O) groups is 1. The van der Waals surface area contributed by atoms with Crippen LogP contribution in [0.25, 0.3) is 0 Å². The first-order chi connectivity index (χ1) is 35.7. The minimum Gasteiger partial charge on any atom is -0.790 e. The first-order valence-corrected chi connectivity index (χ1v) is 26.9. The average Bonchev–Trinajstić information content (AvgIpc) is 3.37. The highest BCUT2D eigenvalue weighted by atomic mass is 31.2. The van der Waals surface area contributed by atoms with Crippen LogP contribution in [0.3, 0.4) is 0 Å². The van der Waals surface area contributed by atoms with Gasteiger partial charge in [0, 0.05) is 13.0 Å². The maximum atomic E-state index is 11.9. The molecule has 5 fully saturated rings. The number of ether oxygens (including phenoxy) is 11. The maximum absolute atomic E-state index is 11.9. The second kappa shape index (κ2) is 29.6. The van der Waals surface area contributed by atoms with E-state index >= 15 is 0 Å². The fourth-order valence-corrected chi connectivity index (χ4v) is 9.34. The van der Waals surface area contributed by atoms with Crippen LogP contribution >= 0.6 is 15.6 Å². The molecule has 0 aliphatic carbocycles. The summed E-state index contributed by atoms with van der Waals surface area (Å²) in [7, 11) is -10.1. The van der Waals surface area contributed by atoms with Gasteiger partial charge in [0.05, 0.1) is 55.8 Å². The summed E-state index contributed by atoms with van der Waals surface area (Å²) in [5.74, 6) is -0.353. The van der Waals surface area contributed by atoms with Crippen molar-refractivity contribution < 1.29 is 166 Å². The molecule has 36 heteroatoms. The Balaban J connectivity index is 1.39. The van der Waals surface area contributed by atoms with Crippen molar-refractivity contribution in [3.63, 3.8) is 0 Å². The number of carbonyl (C=O) groups excluding carboxylic acids is 1. The average molecular weight is 1150 g/mol. The van der Waals surface area contributed by atoms with E-state index in [2.05, 4.69) is 13.8 Å². The number of methoxy groups -OCH3 is 1. The van der Waals surface area contributed by atoms with E-state index in [0.29, 0.717) is 32.1 Å². The molecule has 0 radical (unpaired) electrons. The Bertz CT molecular complexity index is 1830. The Morgan fingerprint density at radius 3 is 1.29 bits per heavy atom. The highest BCUT2D eigenvalue weighted by molar-refractivity contribution is 7.43. The highest BCUT2D eigenvalue weighted by Gasteiger charge is 2.56. The molecule has 5 rings (SSSR count). The fourth-order valence-electron chi connectivity index (χ4n) is 8.68. The van der Waals surface area contributed by atoms with Crippen molar-refractivity contribution in [2.45, 2.75) is 198 Å². The van der Waals surface area contributed by atoms with Gasteiger partial charge in [0.1, 0.15) is 122 Å². The lowest BCUT2D eigenvalue weighted by Gasteiger charge is -2.49. The van der Waals surface area contributed by atoms with Gasteiger partial charge in [-0.25, -0.2) is 0 Å². The molecule has 446 valence electrons. The molecule has 5 heterocycles. The number of aliphatic hydroxyl groups is 14. The zero-order valence-electron chi connectivity index (χ0n) is 40.4. The lowest BCUT2D eigenvalue weighted by atomic mass is 9.96. The Labute approximate surface area is 432 Å². The normalized spacial score (nSPS) is 42.7. The summed E-state index contributed by atoms with van der Waals surface area (Å²) in [4.78, 5) is 56.1. The van der Waals surface area contributed by atoms with E-state index in [1.807, 2.05) is 0 Å². The number of phosphoric acid groups is 2. The van der Waals surface area contributed by atoms with Gasteiger partial charge in [0.15, 0.2) is 31.5 Å². The Morgan fingerprint density at radius 1 is 0.421 bits per heavy atom. The zero-order chi connectivity index (χ0) is 56.4. The summed E-state index contributed by atoms with van der Waals surface area (Å²) in [6, 6.07) is 0. The van der Waals surface area contributed by atoms with E-state index in [4.69, 9.17) is 47.4 Å². The molecular weight excluding hydrogens is 1090 g/mol. The minimum atomic E-state index is -5.70. The Morgan fingerprint density at radius 2 is 0.816 bits per heavy atom. The van der Waals surface area contributed by atoms with Crippen molar-refractivity contribution in [1.29, 1.82) is 0 Å². The van der Waals surface area contributed by atoms with Gasteiger partial charge in [-0.05, 0) is 12.8 Å². The van der Waals surface area contributed by atoms with Crippen LogP contribution in [0.2, 0.25) is 0 Å². The molecule has 0 aromatic heterocycles. The van der Waals surface area contributed by atoms with Crippen LogP contribution in [-0.2, 0) is 75.1 Å². The molecule has 0 saturated carbocycles. The predicted molar refractivity (Wildman–Crippen MR) is 228 cm³/mol. The van der Waals surface area contributed by atoms with Crippen LogP contribution in [0.4, 0.5) is 0 Å². The number of aliphatic hydroxyl groups excluding tert-OH is 14. The summed E-state index contributed by atoms with van der Waals surface area (Å²) in [5, 5.41) is 151. The summed E-state index contributed by atoms with van der Waals surface area (Å²) in [6.45, 7) is -5.46. The first-order valence-electron chi connectivity index (χ1n) is 24.0. The number of rotatable bonds is 27. The van der Waals surface area contributed by atoms with Crippen molar-refractivity contribution in [2.75, 3.05) is 46.8 Å². The van der Waals surface area contributed by atoms with E-state index in [9.17, 15) is 105 Å². The third kappa shape index (κ3) is 17.6. The van der Waals surface area contributed by atoms with Gasteiger partial charge in [0.25, 0.3) is 0 Å². The van der Waals surface area contributed by atoms with Crippen molar-refractivity contribution in [2.24, 2.45) is 0 Å². The molecular formula is C40H68O34P2-4. The van der Waals surface area contributed by atoms with E-state index in [1.165, 1.54) is 7.11 Å². The van der Waals surface area contributed by atoms with E-state index in [1.54, 1.807) is 0 Å². The molecule has 5 aliphatic rings. The molecule has 0 bridgehead atoms. The largest absolute Gasteiger partial charge is 0.790 e. The topological polar surface area (TPSA) is 547 Å². The summed E-state index contributed by atoms with van der Waals surface area (Å²) in [5.41, 5.74) is 0. The predicted octanol–water partition coefficient (Wildman–Crippen LogP) is -11.3. The number of unbranched alkanes of at least 4 members (excludes halogenated alkanes) is 5. The van der Waals surface area contributed by atoms with Crippen molar-refractivity contribution >= 4 is 21.6 Å². The van der Waals surface area contributed by atoms with Gasteiger partial charge < -0.3 is 161 Å². The van der Waals surface area contributed by atoms with Crippen LogP contribution in [0.15, 0.2) is 0 Å². The second-order valence-electron chi connectivity index (χ2n) is 18.4. The lowest BCUT2D eigenvalue weighted by molar-refractivity contribution is -0.393. The second-order valence-corrected chi connectivity index (χ2v) is 20.7. The molecule has 0 unspecified atom stereocenters. The van der Waals surface area contributed by atoms with Crippen LogP contribution in [-0.4, -0.2) is 278 Å². The Hall–Kier alpha value is -1.27. The van der Waals surface area contributed by atoms with E-state index in [-0.39, 0.29) is 19.0 Å².